The quantitative estimate of drug-likeness (QED) is 0.276. The number of hydrogen-bond acceptors (Lipinski definition) is 9. The maximum Gasteiger partial charge on any atom is 0.258 e. The van der Waals surface area contributed by atoms with Crippen LogP contribution >= 0.6 is 11.3 Å². The van der Waals surface area contributed by atoms with E-state index in [1.54, 1.807) is 28.5 Å². The predicted octanol–water partition coefficient (Wildman–Crippen LogP) is 4.77. The number of rotatable bonds is 9. The SMILES string of the molecule is C=CC(=O)Cc1cccc(C)c1Nc1ncnc2c(C(=O)Nc3ccc(C(=O)N4CCOCC4)cc3OC)csc12. The molecule has 0 atom stereocenters. The lowest BCUT2D eigenvalue weighted by molar-refractivity contribution is -0.114. The molecule has 0 saturated carbocycles. The van der Waals surface area contributed by atoms with Crippen molar-refractivity contribution in [2.24, 2.45) is 0 Å². The summed E-state index contributed by atoms with van der Waals surface area (Å²) >= 11 is 1.34. The fourth-order valence-electron chi connectivity index (χ4n) is 4.60. The third-order valence-electron chi connectivity index (χ3n) is 6.79. The first kappa shape index (κ1) is 27.9. The van der Waals surface area contributed by atoms with Gasteiger partial charge in [-0.05, 0) is 42.3 Å². The number of nitrogens with zero attached hydrogens (tertiary/aromatic N) is 3. The van der Waals surface area contributed by atoms with Gasteiger partial charge in [-0.15, -0.1) is 11.3 Å². The van der Waals surface area contributed by atoms with E-state index in [0.29, 0.717) is 64.9 Å². The number of aryl methyl sites for hydroxylation is 1. The molecule has 0 aliphatic carbocycles. The molecule has 1 saturated heterocycles. The van der Waals surface area contributed by atoms with Gasteiger partial charge in [-0.25, -0.2) is 9.97 Å². The largest absolute Gasteiger partial charge is 0.495 e. The van der Waals surface area contributed by atoms with Gasteiger partial charge in [-0.3, -0.25) is 14.4 Å². The van der Waals surface area contributed by atoms with Crippen LogP contribution in [0.2, 0.25) is 0 Å². The van der Waals surface area contributed by atoms with Gasteiger partial charge < -0.3 is 25.0 Å². The predicted molar refractivity (Wildman–Crippen MR) is 158 cm³/mol. The Labute approximate surface area is 241 Å². The minimum absolute atomic E-state index is 0.0875. The van der Waals surface area contributed by atoms with Gasteiger partial charge in [0.15, 0.2) is 11.6 Å². The van der Waals surface area contributed by atoms with Crippen molar-refractivity contribution in [3.05, 3.63) is 83.0 Å². The molecule has 0 bridgehead atoms. The fourth-order valence-corrected chi connectivity index (χ4v) is 5.54. The second-order valence-electron chi connectivity index (χ2n) is 9.40. The summed E-state index contributed by atoms with van der Waals surface area (Å²) in [5, 5.41) is 7.97. The van der Waals surface area contributed by atoms with E-state index < -0.39 is 0 Å². The number of hydrogen-bond donors (Lipinski definition) is 2. The Hall–Kier alpha value is -4.61. The number of carbonyl (C=O) groups is 3. The zero-order chi connectivity index (χ0) is 28.9. The zero-order valence-corrected chi connectivity index (χ0v) is 23.5. The smallest absolute Gasteiger partial charge is 0.258 e. The number of aromatic nitrogens is 2. The van der Waals surface area contributed by atoms with E-state index in [9.17, 15) is 14.4 Å². The highest BCUT2D eigenvalue weighted by atomic mass is 32.1. The van der Waals surface area contributed by atoms with E-state index in [0.717, 1.165) is 16.8 Å². The number of ketones is 1. The third kappa shape index (κ3) is 5.96. The number of morpholine rings is 1. The van der Waals surface area contributed by atoms with Crippen LogP contribution < -0.4 is 15.4 Å². The molecule has 3 heterocycles. The molecule has 11 heteroatoms. The number of amides is 2. The van der Waals surface area contributed by atoms with Gasteiger partial charge in [0.2, 0.25) is 0 Å². The first-order valence-corrected chi connectivity index (χ1v) is 13.9. The van der Waals surface area contributed by atoms with Crippen LogP contribution in [-0.2, 0) is 16.0 Å². The van der Waals surface area contributed by atoms with Crippen molar-refractivity contribution in [3.8, 4) is 5.75 Å². The number of para-hydroxylation sites is 1. The Bertz CT molecular complexity index is 1640. The number of anilines is 3. The summed E-state index contributed by atoms with van der Waals surface area (Å²) in [5.74, 6) is 0.324. The van der Waals surface area contributed by atoms with Crippen molar-refractivity contribution in [1.82, 2.24) is 14.9 Å². The van der Waals surface area contributed by atoms with E-state index in [1.165, 1.54) is 30.8 Å². The van der Waals surface area contributed by atoms with Crippen molar-refractivity contribution >= 4 is 56.3 Å². The summed E-state index contributed by atoms with van der Waals surface area (Å²) < 4.78 is 11.5. The molecule has 41 heavy (non-hydrogen) atoms. The van der Waals surface area contributed by atoms with Crippen LogP contribution in [-0.4, -0.2) is 65.9 Å². The number of ether oxygens (including phenoxy) is 2. The number of carbonyl (C=O) groups excluding carboxylic acids is 3. The highest BCUT2D eigenvalue weighted by molar-refractivity contribution is 7.18. The van der Waals surface area contributed by atoms with Crippen molar-refractivity contribution in [2.45, 2.75) is 13.3 Å². The van der Waals surface area contributed by atoms with E-state index in [4.69, 9.17) is 9.47 Å². The van der Waals surface area contributed by atoms with Crippen molar-refractivity contribution in [1.29, 1.82) is 0 Å². The fraction of sp³-hybridized carbons (Fsp3) is 0.233. The maximum atomic E-state index is 13.4. The highest BCUT2D eigenvalue weighted by Crippen LogP contribution is 2.34. The normalized spacial score (nSPS) is 13.1. The molecular formula is C30H29N5O5S. The standard InChI is InChI=1S/C30H29N5O5S/c1-4-21(36)14-19-7-5-6-18(2)25(19)34-28-27-26(31-17-32-28)22(16-41-27)29(37)33-23-9-8-20(15-24(23)39-3)30(38)35-10-12-40-13-11-35/h4-9,15-17H,1,10-14H2,2-3H3,(H,33,37)(H,31,32,34). The Morgan fingerprint density at radius 2 is 1.98 bits per heavy atom. The lowest BCUT2D eigenvalue weighted by atomic mass is 10.0. The number of methoxy groups -OCH3 is 1. The van der Waals surface area contributed by atoms with Crippen LogP contribution in [0.15, 0.2) is 60.8 Å². The van der Waals surface area contributed by atoms with Crippen molar-refractivity contribution < 1.29 is 23.9 Å². The van der Waals surface area contributed by atoms with Gasteiger partial charge in [0, 0.05) is 36.1 Å². The van der Waals surface area contributed by atoms with Crippen molar-refractivity contribution in [3.63, 3.8) is 0 Å². The summed E-state index contributed by atoms with van der Waals surface area (Å²) in [7, 11) is 1.49. The molecule has 4 aromatic rings. The summed E-state index contributed by atoms with van der Waals surface area (Å²) in [5.41, 5.74) is 4.30. The van der Waals surface area contributed by atoms with Gasteiger partial charge in [-0.2, -0.15) is 0 Å². The average Bonchev–Trinajstić information content (AvgIpc) is 3.44. The molecule has 0 spiro atoms. The molecule has 1 aliphatic heterocycles. The number of benzene rings is 2. The molecular weight excluding hydrogens is 542 g/mol. The molecule has 2 aromatic carbocycles. The Morgan fingerprint density at radius 3 is 2.73 bits per heavy atom. The Balaban J connectivity index is 1.39. The van der Waals surface area contributed by atoms with E-state index >= 15 is 0 Å². The lowest BCUT2D eigenvalue weighted by Crippen LogP contribution is -2.40. The van der Waals surface area contributed by atoms with Gasteiger partial charge in [0.25, 0.3) is 11.8 Å². The highest BCUT2D eigenvalue weighted by Gasteiger charge is 2.22. The molecule has 210 valence electrons. The second-order valence-corrected chi connectivity index (χ2v) is 10.3. The first-order valence-electron chi connectivity index (χ1n) is 13.0. The van der Waals surface area contributed by atoms with Crippen LogP contribution in [0.3, 0.4) is 0 Å². The Kier molecular flexibility index (Phi) is 8.37. The monoisotopic (exact) mass is 571 g/mol. The average molecular weight is 572 g/mol. The molecule has 1 aliphatic rings. The molecule has 0 unspecified atom stereocenters. The summed E-state index contributed by atoms with van der Waals surface area (Å²) in [6.07, 6.45) is 2.91. The third-order valence-corrected chi connectivity index (χ3v) is 7.76. The number of nitrogens with one attached hydrogen (secondary N) is 2. The molecule has 1 fully saturated rings. The van der Waals surface area contributed by atoms with Gasteiger partial charge >= 0.3 is 0 Å². The zero-order valence-electron chi connectivity index (χ0n) is 22.7. The summed E-state index contributed by atoms with van der Waals surface area (Å²) in [4.78, 5) is 48.9. The van der Waals surface area contributed by atoms with Crippen LogP contribution in [0.25, 0.3) is 10.2 Å². The van der Waals surface area contributed by atoms with E-state index in [2.05, 4.69) is 27.2 Å². The second kappa shape index (κ2) is 12.3. The molecule has 5 rings (SSSR count). The van der Waals surface area contributed by atoms with Gasteiger partial charge in [0.1, 0.15) is 12.1 Å². The molecule has 0 radical (unpaired) electrons. The summed E-state index contributed by atoms with van der Waals surface area (Å²) in [6.45, 7) is 7.59. The topological polar surface area (TPSA) is 123 Å². The maximum absolute atomic E-state index is 13.4. The molecule has 10 nitrogen and oxygen atoms in total. The summed E-state index contributed by atoms with van der Waals surface area (Å²) in [6, 6.07) is 10.7. The van der Waals surface area contributed by atoms with Crippen molar-refractivity contribution in [2.75, 3.05) is 44.0 Å². The number of thiophene rings is 1. The Morgan fingerprint density at radius 1 is 1.17 bits per heavy atom. The molecule has 2 amide bonds. The molecule has 2 aromatic heterocycles. The number of allylic oxidation sites excluding steroid dienone is 1. The van der Waals surface area contributed by atoms with Gasteiger partial charge in [-0.1, -0.05) is 24.8 Å². The van der Waals surface area contributed by atoms with E-state index in [-0.39, 0.29) is 24.0 Å². The van der Waals surface area contributed by atoms with Crippen LogP contribution in [0.1, 0.15) is 31.8 Å². The first-order chi connectivity index (χ1) is 19.9. The minimum atomic E-state index is -0.375. The van der Waals surface area contributed by atoms with Gasteiger partial charge in [0.05, 0.1) is 41.8 Å². The molecule has 2 N–H and O–H groups in total. The minimum Gasteiger partial charge on any atom is -0.495 e. The number of fused-ring (bicyclic) bond motifs is 1. The van der Waals surface area contributed by atoms with Crippen LogP contribution in [0, 0.1) is 6.92 Å². The van der Waals surface area contributed by atoms with Crippen LogP contribution in [0.5, 0.6) is 5.75 Å². The lowest BCUT2D eigenvalue weighted by Gasteiger charge is -2.27. The van der Waals surface area contributed by atoms with E-state index in [1.807, 2.05) is 25.1 Å². The van der Waals surface area contributed by atoms with Crippen LogP contribution in [0.4, 0.5) is 17.2 Å².